The lowest BCUT2D eigenvalue weighted by molar-refractivity contribution is 1.34. The molecule has 0 aromatic heterocycles. The average Bonchev–Trinajstić information content (AvgIpc) is 2.10. The van der Waals surface area contributed by atoms with Gasteiger partial charge in [-0.05, 0) is 47.2 Å². The van der Waals surface area contributed by atoms with Gasteiger partial charge in [-0.1, -0.05) is 6.07 Å². The van der Waals surface area contributed by atoms with E-state index in [1.54, 1.807) is 0 Å². The fourth-order valence-electron chi connectivity index (χ4n) is 0.984. The third-order valence-electron chi connectivity index (χ3n) is 1.65. The lowest BCUT2D eigenvalue weighted by Gasteiger charge is -2.01. The van der Waals surface area contributed by atoms with Crippen LogP contribution in [-0.4, -0.2) is 11.9 Å². The third-order valence-corrected chi connectivity index (χ3v) is 2.32. The van der Waals surface area contributed by atoms with E-state index in [-0.39, 0.29) is 24.3 Å². The van der Waals surface area contributed by atoms with Gasteiger partial charge in [-0.25, -0.2) is 4.99 Å². The molecule has 5 nitrogen and oxygen atoms in total. The molecule has 0 saturated heterocycles. The van der Waals surface area contributed by atoms with Crippen LogP contribution in [0, 0.1) is 10.5 Å². The lowest BCUT2D eigenvalue weighted by Crippen LogP contribution is -2.26. The summed E-state index contributed by atoms with van der Waals surface area (Å²) in [6.07, 6.45) is 0. The Morgan fingerprint density at radius 2 is 1.88 bits per heavy atom. The zero-order valence-electron chi connectivity index (χ0n) is 8.64. The van der Waals surface area contributed by atoms with Gasteiger partial charge in [0.15, 0.2) is 5.96 Å². The SMILES string of the molecule is Cc1ccc(I)cc1N=C(N)N=C(N)N.Cl. The fourth-order valence-corrected chi connectivity index (χ4v) is 1.46. The van der Waals surface area contributed by atoms with Crippen LogP contribution in [0.2, 0.25) is 0 Å². The van der Waals surface area contributed by atoms with E-state index in [9.17, 15) is 0 Å². The predicted octanol–water partition coefficient (Wildman–Crippen LogP) is 1.24. The van der Waals surface area contributed by atoms with Crippen LogP contribution in [0.1, 0.15) is 5.56 Å². The Balaban J connectivity index is 0.00000225. The van der Waals surface area contributed by atoms with Crippen molar-refractivity contribution >= 4 is 52.6 Å². The summed E-state index contributed by atoms with van der Waals surface area (Å²) in [5, 5.41) is 0. The summed E-state index contributed by atoms with van der Waals surface area (Å²) in [4.78, 5) is 7.74. The van der Waals surface area contributed by atoms with Gasteiger partial charge in [0.25, 0.3) is 0 Å². The molecule has 0 unspecified atom stereocenters. The molecule has 0 aliphatic carbocycles. The minimum absolute atomic E-state index is 0. The first-order valence-electron chi connectivity index (χ1n) is 4.19. The number of nitrogens with zero attached hydrogens (tertiary/aromatic N) is 2. The first kappa shape index (κ1) is 15.0. The van der Waals surface area contributed by atoms with Crippen LogP contribution in [0.5, 0.6) is 0 Å². The van der Waals surface area contributed by atoms with Crippen molar-refractivity contribution in [3.63, 3.8) is 0 Å². The normalized spacial score (nSPS) is 10.5. The third kappa shape index (κ3) is 4.67. The average molecular weight is 354 g/mol. The van der Waals surface area contributed by atoms with E-state index in [0.29, 0.717) is 0 Å². The highest BCUT2D eigenvalue weighted by atomic mass is 127. The highest BCUT2D eigenvalue weighted by molar-refractivity contribution is 14.1. The minimum Gasteiger partial charge on any atom is -0.370 e. The monoisotopic (exact) mass is 353 g/mol. The van der Waals surface area contributed by atoms with Crippen molar-refractivity contribution in [3.05, 3.63) is 27.3 Å². The Morgan fingerprint density at radius 3 is 2.44 bits per heavy atom. The van der Waals surface area contributed by atoms with Gasteiger partial charge in [-0.3, -0.25) is 0 Å². The van der Waals surface area contributed by atoms with Gasteiger partial charge >= 0.3 is 0 Å². The second-order valence-electron chi connectivity index (χ2n) is 2.94. The van der Waals surface area contributed by atoms with Gasteiger partial charge in [0.05, 0.1) is 5.69 Å². The number of guanidine groups is 2. The summed E-state index contributed by atoms with van der Waals surface area (Å²) >= 11 is 2.20. The van der Waals surface area contributed by atoms with Crippen LogP contribution >= 0.6 is 35.0 Å². The molecular formula is C9H13ClIN5. The molecule has 0 amide bonds. The van der Waals surface area contributed by atoms with E-state index in [4.69, 9.17) is 17.2 Å². The molecule has 1 rings (SSSR count). The van der Waals surface area contributed by atoms with Crippen LogP contribution in [0.4, 0.5) is 5.69 Å². The van der Waals surface area contributed by atoms with E-state index in [1.165, 1.54) is 0 Å². The van der Waals surface area contributed by atoms with Crippen molar-refractivity contribution in [3.8, 4) is 0 Å². The smallest absolute Gasteiger partial charge is 0.223 e. The highest BCUT2D eigenvalue weighted by Gasteiger charge is 1.98. The molecule has 0 spiro atoms. The van der Waals surface area contributed by atoms with Crippen LogP contribution < -0.4 is 17.2 Å². The molecule has 0 aliphatic rings. The predicted molar refractivity (Wildman–Crippen MR) is 78.2 cm³/mol. The highest BCUT2D eigenvalue weighted by Crippen LogP contribution is 2.21. The largest absolute Gasteiger partial charge is 0.370 e. The molecule has 0 saturated carbocycles. The van der Waals surface area contributed by atoms with Gasteiger partial charge in [-0.2, -0.15) is 4.99 Å². The molecule has 1 aromatic rings. The number of aryl methyl sites for hydroxylation is 1. The summed E-state index contributed by atoms with van der Waals surface area (Å²) in [5.74, 6) is -0.0420. The molecule has 88 valence electrons. The Kier molecular flexibility index (Phi) is 6.12. The maximum absolute atomic E-state index is 5.53. The van der Waals surface area contributed by atoms with E-state index < -0.39 is 0 Å². The molecule has 0 aliphatic heterocycles. The van der Waals surface area contributed by atoms with E-state index >= 15 is 0 Å². The summed E-state index contributed by atoms with van der Waals surface area (Å²) in [6.45, 7) is 1.94. The first-order chi connectivity index (χ1) is 6.99. The molecule has 0 atom stereocenters. The molecule has 6 N–H and O–H groups in total. The van der Waals surface area contributed by atoms with Gasteiger partial charge in [0, 0.05) is 3.57 Å². The fraction of sp³-hybridized carbons (Fsp3) is 0.111. The molecular weight excluding hydrogens is 340 g/mol. The minimum atomic E-state index is -0.0977. The molecule has 1 aromatic carbocycles. The summed E-state index contributed by atoms with van der Waals surface area (Å²) in [6, 6.07) is 5.86. The summed E-state index contributed by atoms with van der Waals surface area (Å²) in [7, 11) is 0. The Morgan fingerprint density at radius 1 is 1.25 bits per heavy atom. The maximum atomic E-state index is 5.53. The number of benzene rings is 1. The summed E-state index contributed by atoms with van der Waals surface area (Å²) in [5.41, 5.74) is 17.7. The second-order valence-corrected chi connectivity index (χ2v) is 4.18. The van der Waals surface area contributed by atoms with Crippen molar-refractivity contribution in [2.45, 2.75) is 6.92 Å². The standard InChI is InChI=1S/C9H12IN5.ClH/c1-5-2-3-6(10)4-7(5)14-9(13)15-8(11)12;/h2-4H,1H3,(H6,11,12,13,14,15);1H. The van der Waals surface area contributed by atoms with Crippen molar-refractivity contribution in [1.29, 1.82) is 0 Å². The number of halogens is 2. The number of hydrogen-bond donors (Lipinski definition) is 3. The molecule has 0 bridgehead atoms. The molecule has 0 fully saturated rings. The van der Waals surface area contributed by atoms with Crippen molar-refractivity contribution in [1.82, 2.24) is 0 Å². The van der Waals surface area contributed by atoms with Crippen molar-refractivity contribution in [2.24, 2.45) is 27.2 Å². The zero-order chi connectivity index (χ0) is 11.4. The zero-order valence-corrected chi connectivity index (χ0v) is 11.6. The Hall–Kier alpha value is -1.02. The van der Waals surface area contributed by atoms with Gasteiger partial charge in [-0.15, -0.1) is 12.4 Å². The Labute approximate surface area is 114 Å². The second kappa shape index (κ2) is 6.54. The number of aliphatic imine (C=N–C) groups is 2. The maximum Gasteiger partial charge on any atom is 0.223 e. The lowest BCUT2D eigenvalue weighted by atomic mass is 10.2. The quantitative estimate of drug-likeness (QED) is 0.402. The van der Waals surface area contributed by atoms with Crippen LogP contribution in [-0.2, 0) is 0 Å². The molecule has 7 heteroatoms. The topological polar surface area (TPSA) is 103 Å². The van der Waals surface area contributed by atoms with Gasteiger partial charge < -0.3 is 17.2 Å². The Bertz CT molecular complexity index is 426. The van der Waals surface area contributed by atoms with Crippen molar-refractivity contribution < 1.29 is 0 Å². The van der Waals surface area contributed by atoms with Crippen LogP contribution in [0.3, 0.4) is 0 Å². The van der Waals surface area contributed by atoms with Crippen molar-refractivity contribution in [2.75, 3.05) is 0 Å². The summed E-state index contributed by atoms with van der Waals surface area (Å²) < 4.78 is 1.08. The number of hydrogen-bond acceptors (Lipinski definition) is 1. The molecule has 16 heavy (non-hydrogen) atoms. The van der Waals surface area contributed by atoms with E-state index in [1.807, 2.05) is 25.1 Å². The van der Waals surface area contributed by atoms with E-state index in [0.717, 1.165) is 14.8 Å². The van der Waals surface area contributed by atoms with Crippen LogP contribution in [0.25, 0.3) is 0 Å². The van der Waals surface area contributed by atoms with E-state index in [2.05, 4.69) is 32.6 Å². The molecule has 0 heterocycles. The van der Waals surface area contributed by atoms with Crippen LogP contribution in [0.15, 0.2) is 28.2 Å². The van der Waals surface area contributed by atoms with Gasteiger partial charge in [0.1, 0.15) is 0 Å². The number of rotatable bonds is 1. The first-order valence-corrected chi connectivity index (χ1v) is 5.27. The molecule has 0 radical (unpaired) electrons. The van der Waals surface area contributed by atoms with Gasteiger partial charge in [0.2, 0.25) is 5.96 Å². The number of nitrogens with two attached hydrogens (primary N) is 3.